The van der Waals surface area contributed by atoms with E-state index in [1.165, 1.54) is 30.7 Å². The van der Waals surface area contributed by atoms with E-state index in [9.17, 15) is 14.7 Å². The summed E-state index contributed by atoms with van der Waals surface area (Å²) in [5.41, 5.74) is 3.93. The molecule has 0 aliphatic carbocycles. The van der Waals surface area contributed by atoms with Gasteiger partial charge in [0.2, 0.25) is 0 Å². The van der Waals surface area contributed by atoms with Crippen LogP contribution in [-0.2, 0) is 0 Å². The van der Waals surface area contributed by atoms with Gasteiger partial charge in [-0.2, -0.15) is 5.10 Å². The minimum atomic E-state index is -1.23. The number of amides is 1. The highest BCUT2D eigenvalue weighted by Gasteiger charge is 2.06. The van der Waals surface area contributed by atoms with Crippen LogP contribution in [0.5, 0.6) is 0 Å². The number of carboxylic acid groups (broad SMARTS) is 1. The number of aromatic nitrogens is 1. The second-order valence-electron chi connectivity index (χ2n) is 4.81. The lowest BCUT2D eigenvalue weighted by atomic mass is 10.2. The molecule has 0 saturated carbocycles. The summed E-state index contributed by atoms with van der Waals surface area (Å²) in [5.74, 6) is -1.51. The van der Waals surface area contributed by atoms with Crippen molar-refractivity contribution >= 4 is 18.1 Å². The molecule has 3 rings (SSSR count). The summed E-state index contributed by atoms with van der Waals surface area (Å²) in [5, 5.41) is 14.7. The summed E-state index contributed by atoms with van der Waals surface area (Å²) in [6, 6.07) is 13.0. The molecule has 0 radical (unpaired) electrons. The van der Waals surface area contributed by atoms with Crippen LogP contribution in [-0.4, -0.2) is 22.7 Å². The zero-order valence-electron chi connectivity index (χ0n) is 12.4. The van der Waals surface area contributed by atoms with Gasteiger partial charge in [-0.1, -0.05) is 12.1 Å². The number of aromatic carboxylic acids is 1. The Labute approximate surface area is 136 Å². The molecule has 2 aromatic heterocycles. The van der Waals surface area contributed by atoms with E-state index in [1.807, 2.05) is 6.07 Å². The van der Waals surface area contributed by atoms with Crippen molar-refractivity contribution in [2.75, 3.05) is 0 Å². The highest BCUT2D eigenvalue weighted by atomic mass is 16.4. The third kappa shape index (κ3) is 3.25. The predicted molar refractivity (Wildman–Crippen MR) is 83.9 cm³/mol. The number of furan rings is 1. The topological polar surface area (TPSA) is 99.7 Å². The largest absolute Gasteiger partial charge is 0.545 e. The van der Waals surface area contributed by atoms with Crippen LogP contribution < -0.4 is 10.5 Å². The number of benzene rings is 1. The van der Waals surface area contributed by atoms with Gasteiger partial charge in [0.1, 0.15) is 0 Å². The molecule has 0 unspecified atom stereocenters. The predicted octanol–water partition coefficient (Wildman–Crippen LogP) is 1.20. The van der Waals surface area contributed by atoms with Crippen LogP contribution in [0.1, 0.15) is 26.6 Å². The van der Waals surface area contributed by atoms with Gasteiger partial charge in [-0.25, -0.2) is 5.43 Å². The first-order valence-electron chi connectivity index (χ1n) is 7.01. The summed E-state index contributed by atoms with van der Waals surface area (Å²) >= 11 is 0. The Kier molecular flexibility index (Phi) is 4.24. The maximum Gasteiger partial charge on any atom is 0.307 e. The molecule has 0 aliphatic rings. The lowest BCUT2D eigenvalue weighted by molar-refractivity contribution is -0.255. The first-order valence-corrected chi connectivity index (χ1v) is 7.01. The number of carbonyl (C=O) groups is 2. The molecule has 1 aromatic carbocycles. The number of nitrogens with zero attached hydrogens (tertiary/aromatic N) is 2. The van der Waals surface area contributed by atoms with Gasteiger partial charge < -0.3 is 18.9 Å². The van der Waals surface area contributed by atoms with Crippen LogP contribution in [0.15, 0.2) is 70.5 Å². The molecule has 0 aliphatic heterocycles. The summed E-state index contributed by atoms with van der Waals surface area (Å²) in [6.45, 7) is 0. The Bertz CT molecular complexity index is 877. The molecule has 0 spiro atoms. The Morgan fingerprint density at radius 1 is 1.12 bits per heavy atom. The maximum absolute atomic E-state index is 11.7. The van der Waals surface area contributed by atoms with Crippen LogP contribution >= 0.6 is 0 Å². The fourth-order valence-electron chi connectivity index (χ4n) is 2.11. The number of hydrogen-bond donors (Lipinski definition) is 1. The fraction of sp³-hybridized carbons (Fsp3) is 0. The summed E-state index contributed by atoms with van der Waals surface area (Å²) in [4.78, 5) is 22.5. The van der Waals surface area contributed by atoms with Crippen LogP contribution in [0.2, 0.25) is 0 Å². The summed E-state index contributed by atoms with van der Waals surface area (Å²) in [6.07, 6.45) is 4.68. The highest BCUT2D eigenvalue weighted by Crippen LogP contribution is 2.12. The van der Waals surface area contributed by atoms with Crippen LogP contribution in [0.3, 0.4) is 0 Å². The molecule has 2 heterocycles. The number of carboxylic acids is 1. The fourth-order valence-corrected chi connectivity index (χ4v) is 2.11. The van der Waals surface area contributed by atoms with E-state index >= 15 is 0 Å². The Morgan fingerprint density at radius 2 is 1.92 bits per heavy atom. The van der Waals surface area contributed by atoms with Crippen molar-refractivity contribution in [3.05, 3.63) is 78.0 Å². The number of carbonyl (C=O) groups excluding carboxylic acids is 2. The molecule has 24 heavy (non-hydrogen) atoms. The van der Waals surface area contributed by atoms with E-state index in [0.29, 0.717) is 5.69 Å². The van der Waals surface area contributed by atoms with Crippen molar-refractivity contribution in [3.8, 4) is 5.69 Å². The second kappa shape index (κ2) is 6.66. The standard InChI is InChI=1S/C17H13N3O4/c21-16(15-4-2-10-24-15)19-18-11-14-3-1-9-20(14)13-7-5-12(6-8-13)17(22)23/h1-11H,(H,19,21)(H,22,23)/p-1/b18-11-. The Balaban J connectivity index is 1.74. The molecule has 3 aromatic rings. The van der Waals surface area contributed by atoms with Gasteiger partial charge in [0.25, 0.3) is 0 Å². The zero-order valence-corrected chi connectivity index (χ0v) is 12.4. The van der Waals surface area contributed by atoms with Crippen LogP contribution in [0.4, 0.5) is 0 Å². The average Bonchev–Trinajstić information content (AvgIpc) is 3.26. The molecule has 7 nitrogen and oxygen atoms in total. The van der Waals surface area contributed by atoms with Crippen molar-refractivity contribution in [2.24, 2.45) is 5.10 Å². The van der Waals surface area contributed by atoms with Gasteiger partial charge in [0.15, 0.2) is 5.76 Å². The van der Waals surface area contributed by atoms with Gasteiger partial charge in [0.05, 0.1) is 24.1 Å². The van der Waals surface area contributed by atoms with Crippen molar-refractivity contribution < 1.29 is 19.1 Å². The lowest BCUT2D eigenvalue weighted by Crippen LogP contribution is -2.22. The second-order valence-corrected chi connectivity index (χ2v) is 4.81. The van der Waals surface area contributed by atoms with Gasteiger partial charge in [-0.3, -0.25) is 4.79 Å². The molecule has 120 valence electrons. The molecule has 0 saturated heterocycles. The molecule has 1 amide bonds. The van der Waals surface area contributed by atoms with Gasteiger partial charge in [0, 0.05) is 11.9 Å². The average molecular weight is 322 g/mol. The number of nitrogens with one attached hydrogen (secondary N) is 1. The SMILES string of the molecule is O=C([O-])c1ccc(-n2cccc2/C=N\NC(=O)c2ccco2)cc1. The van der Waals surface area contributed by atoms with E-state index in [1.54, 1.807) is 35.0 Å². The Hall–Kier alpha value is -3.61. The molecule has 0 bridgehead atoms. The number of hydrogen-bond acceptors (Lipinski definition) is 5. The van der Waals surface area contributed by atoms with Crippen molar-refractivity contribution in [1.82, 2.24) is 9.99 Å². The summed E-state index contributed by atoms with van der Waals surface area (Å²) < 4.78 is 6.76. The van der Waals surface area contributed by atoms with E-state index in [2.05, 4.69) is 10.5 Å². The van der Waals surface area contributed by atoms with E-state index in [-0.39, 0.29) is 11.3 Å². The lowest BCUT2D eigenvalue weighted by Gasteiger charge is -2.08. The van der Waals surface area contributed by atoms with Gasteiger partial charge in [-0.05, 0) is 42.0 Å². The number of hydrazone groups is 1. The third-order valence-electron chi connectivity index (χ3n) is 3.27. The molecular formula is C17H12N3O4-. The maximum atomic E-state index is 11.7. The van der Waals surface area contributed by atoms with Crippen molar-refractivity contribution in [3.63, 3.8) is 0 Å². The van der Waals surface area contributed by atoms with Crippen molar-refractivity contribution in [1.29, 1.82) is 0 Å². The highest BCUT2D eigenvalue weighted by molar-refractivity contribution is 5.92. The first-order chi connectivity index (χ1) is 11.6. The van der Waals surface area contributed by atoms with E-state index in [4.69, 9.17) is 4.42 Å². The molecule has 0 atom stereocenters. The summed E-state index contributed by atoms with van der Waals surface area (Å²) in [7, 11) is 0. The quantitative estimate of drug-likeness (QED) is 0.563. The number of rotatable bonds is 5. The van der Waals surface area contributed by atoms with Gasteiger partial charge >= 0.3 is 5.91 Å². The molecule has 1 N–H and O–H groups in total. The van der Waals surface area contributed by atoms with Crippen molar-refractivity contribution in [2.45, 2.75) is 0 Å². The van der Waals surface area contributed by atoms with Crippen LogP contribution in [0, 0.1) is 0 Å². The minimum absolute atomic E-state index is 0.104. The minimum Gasteiger partial charge on any atom is -0.545 e. The first kappa shape index (κ1) is 15.3. The molecular weight excluding hydrogens is 310 g/mol. The Morgan fingerprint density at radius 3 is 2.58 bits per heavy atom. The monoisotopic (exact) mass is 322 g/mol. The van der Waals surface area contributed by atoms with E-state index in [0.717, 1.165) is 5.69 Å². The molecule has 0 fully saturated rings. The van der Waals surface area contributed by atoms with Gasteiger partial charge in [-0.15, -0.1) is 0 Å². The van der Waals surface area contributed by atoms with Crippen LogP contribution in [0.25, 0.3) is 5.69 Å². The van der Waals surface area contributed by atoms with E-state index < -0.39 is 11.9 Å². The normalized spacial score (nSPS) is 10.8. The third-order valence-corrected chi connectivity index (χ3v) is 3.27. The zero-order chi connectivity index (χ0) is 16.9. The smallest absolute Gasteiger partial charge is 0.307 e. The molecule has 7 heteroatoms.